The molecule has 1 fully saturated rings. The molecule has 1 aliphatic rings. The highest BCUT2D eigenvalue weighted by Crippen LogP contribution is 2.29. The summed E-state index contributed by atoms with van der Waals surface area (Å²) in [5.74, 6) is 1.18. The molecule has 1 aromatic carbocycles. The van der Waals surface area contributed by atoms with Crippen molar-refractivity contribution in [3.05, 3.63) is 51.5 Å². The van der Waals surface area contributed by atoms with E-state index >= 15 is 0 Å². The first-order chi connectivity index (χ1) is 12.5. The van der Waals surface area contributed by atoms with Crippen molar-refractivity contribution < 1.29 is 9.59 Å². The Morgan fingerprint density at radius 1 is 1.35 bits per heavy atom. The number of fused-ring (bicyclic) bond motifs is 1. The summed E-state index contributed by atoms with van der Waals surface area (Å²) >= 11 is 1.34. The molecular weight excluding hydrogens is 346 g/mol. The number of piperidine rings is 1. The van der Waals surface area contributed by atoms with Crippen molar-refractivity contribution in [2.45, 2.75) is 32.6 Å². The number of carbonyl (C=O) groups is 2. The van der Waals surface area contributed by atoms with Gasteiger partial charge in [0.05, 0.1) is 21.5 Å². The second-order valence-corrected chi connectivity index (χ2v) is 7.85. The van der Waals surface area contributed by atoms with Crippen LogP contribution in [0.15, 0.2) is 29.6 Å². The van der Waals surface area contributed by atoms with E-state index in [-0.39, 0.29) is 17.6 Å². The highest BCUT2D eigenvalue weighted by atomic mass is 32.1. The number of hydrogen-bond acceptors (Lipinski definition) is 4. The number of H-pyrrole nitrogens is 1. The van der Waals surface area contributed by atoms with Crippen LogP contribution in [-0.4, -0.2) is 39.6 Å². The third-order valence-corrected chi connectivity index (χ3v) is 6.05. The normalized spacial score (nSPS) is 17.6. The lowest BCUT2D eigenvalue weighted by molar-refractivity contribution is 0.0705. The largest absolute Gasteiger partial charge is 0.342 e. The van der Waals surface area contributed by atoms with Gasteiger partial charge in [-0.3, -0.25) is 9.59 Å². The summed E-state index contributed by atoms with van der Waals surface area (Å²) in [5, 5.41) is 1.78. The van der Waals surface area contributed by atoms with E-state index in [4.69, 9.17) is 4.98 Å². The van der Waals surface area contributed by atoms with Crippen LogP contribution in [0.1, 0.15) is 57.1 Å². The van der Waals surface area contributed by atoms with Gasteiger partial charge in [-0.25, -0.2) is 4.98 Å². The molecule has 26 heavy (non-hydrogen) atoms. The number of nitrogens with zero attached hydrogens (tertiary/aromatic N) is 2. The molecule has 0 spiro atoms. The summed E-state index contributed by atoms with van der Waals surface area (Å²) in [5.41, 5.74) is 3.83. The molecule has 1 amide bonds. The van der Waals surface area contributed by atoms with Gasteiger partial charge in [-0.15, -0.1) is 11.3 Å². The molecule has 2 aromatic heterocycles. The van der Waals surface area contributed by atoms with Gasteiger partial charge in [0, 0.05) is 24.4 Å². The van der Waals surface area contributed by atoms with Crippen LogP contribution < -0.4 is 0 Å². The number of aromatic amines is 1. The van der Waals surface area contributed by atoms with Crippen LogP contribution in [0.5, 0.6) is 0 Å². The molecule has 1 saturated heterocycles. The maximum atomic E-state index is 12.8. The number of benzene rings is 1. The van der Waals surface area contributed by atoms with E-state index < -0.39 is 0 Å². The fourth-order valence-corrected chi connectivity index (χ4v) is 4.37. The molecular formula is C20H21N3O2S. The van der Waals surface area contributed by atoms with E-state index in [9.17, 15) is 9.59 Å². The van der Waals surface area contributed by atoms with E-state index in [1.807, 2.05) is 17.0 Å². The number of ketones is 1. The minimum atomic E-state index is 0.00298. The Morgan fingerprint density at radius 2 is 2.19 bits per heavy atom. The minimum Gasteiger partial charge on any atom is -0.342 e. The quantitative estimate of drug-likeness (QED) is 0.707. The number of para-hydroxylation sites is 1. The van der Waals surface area contributed by atoms with Crippen molar-refractivity contribution in [3.63, 3.8) is 0 Å². The van der Waals surface area contributed by atoms with Crippen LogP contribution in [0.4, 0.5) is 0 Å². The summed E-state index contributed by atoms with van der Waals surface area (Å²) < 4.78 is 0. The van der Waals surface area contributed by atoms with Gasteiger partial charge in [-0.05, 0) is 44.4 Å². The number of rotatable bonds is 3. The van der Waals surface area contributed by atoms with Gasteiger partial charge in [-0.1, -0.05) is 12.1 Å². The van der Waals surface area contributed by atoms with Crippen molar-refractivity contribution in [1.82, 2.24) is 14.9 Å². The van der Waals surface area contributed by atoms with Gasteiger partial charge in [-0.2, -0.15) is 0 Å². The van der Waals surface area contributed by atoms with E-state index in [1.165, 1.54) is 18.3 Å². The maximum Gasteiger partial charge on any atom is 0.254 e. The van der Waals surface area contributed by atoms with Crippen LogP contribution in [0, 0.1) is 6.92 Å². The number of aromatic nitrogens is 2. The molecule has 5 nitrogen and oxygen atoms in total. The number of aryl methyl sites for hydroxylation is 1. The van der Waals surface area contributed by atoms with Crippen molar-refractivity contribution in [2.24, 2.45) is 0 Å². The van der Waals surface area contributed by atoms with Gasteiger partial charge >= 0.3 is 0 Å². The molecule has 0 aliphatic carbocycles. The first-order valence-electron chi connectivity index (χ1n) is 8.87. The number of likely N-dealkylation sites (tertiary alicyclic amines) is 1. The molecule has 134 valence electrons. The predicted octanol–water partition coefficient (Wildman–Crippen LogP) is 4.16. The highest BCUT2D eigenvalue weighted by molar-refractivity contribution is 7.12. The molecule has 0 unspecified atom stereocenters. The van der Waals surface area contributed by atoms with E-state index in [0.717, 1.165) is 41.8 Å². The Kier molecular flexibility index (Phi) is 4.36. The van der Waals surface area contributed by atoms with Crippen LogP contribution >= 0.6 is 11.3 Å². The smallest absolute Gasteiger partial charge is 0.254 e. The molecule has 3 aromatic rings. The number of hydrogen-bond donors (Lipinski definition) is 1. The summed E-state index contributed by atoms with van der Waals surface area (Å²) in [6.07, 6.45) is 1.97. The van der Waals surface area contributed by atoms with Crippen LogP contribution in [0.2, 0.25) is 0 Å². The maximum absolute atomic E-state index is 12.8. The lowest BCUT2D eigenvalue weighted by Crippen LogP contribution is -2.39. The predicted molar refractivity (Wildman–Crippen MR) is 103 cm³/mol. The lowest BCUT2D eigenvalue weighted by Gasteiger charge is -2.31. The molecule has 1 atom stereocenters. The molecule has 6 heteroatoms. The van der Waals surface area contributed by atoms with Crippen molar-refractivity contribution in [3.8, 4) is 0 Å². The summed E-state index contributed by atoms with van der Waals surface area (Å²) in [6, 6.07) is 7.84. The standard InChI is InChI=1S/C20H21N3O2S/c1-12-5-3-7-16-18(12)22-19(21-16)14-6-4-8-23(10-14)20(25)15-9-17(13(2)24)26-11-15/h3,5,7,9,11,14H,4,6,8,10H2,1-2H3,(H,21,22)/t14-/m0/s1. The average Bonchev–Trinajstić information content (AvgIpc) is 3.29. The molecule has 4 rings (SSSR count). The first kappa shape index (κ1) is 17.0. The zero-order valence-corrected chi connectivity index (χ0v) is 15.7. The zero-order valence-electron chi connectivity index (χ0n) is 14.9. The van der Waals surface area contributed by atoms with E-state index in [2.05, 4.69) is 18.0 Å². The summed E-state index contributed by atoms with van der Waals surface area (Å²) in [4.78, 5) is 35.1. The van der Waals surface area contributed by atoms with Gasteiger partial charge in [0.15, 0.2) is 5.78 Å². The number of amides is 1. The topological polar surface area (TPSA) is 66.1 Å². The second-order valence-electron chi connectivity index (χ2n) is 6.94. The van der Waals surface area contributed by atoms with Crippen LogP contribution in [-0.2, 0) is 0 Å². The zero-order chi connectivity index (χ0) is 18.3. The molecule has 1 N–H and O–H groups in total. The van der Waals surface area contributed by atoms with Gasteiger partial charge < -0.3 is 9.88 Å². The van der Waals surface area contributed by atoms with Gasteiger partial charge in [0.25, 0.3) is 5.91 Å². The Hall–Kier alpha value is -2.47. The Bertz CT molecular complexity index is 988. The third kappa shape index (κ3) is 3.05. The van der Waals surface area contributed by atoms with Gasteiger partial charge in [0.1, 0.15) is 5.82 Å². The Labute approximate surface area is 156 Å². The number of imidazole rings is 1. The molecule has 1 aliphatic heterocycles. The fourth-order valence-electron chi connectivity index (χ4n) is 3.59. The lowest BCUT2D eigenvalue weighted by atomic mass is 9.97. The Morgan fingerprint density at radius 3 is 2.92 bits per heavy atom. The number of thiophene rings is 1. The second kappa shape index (κ2) is 6.68. The molecule has 0 bridgehead atoms. The Balaban J connectivity index is 1.55. The van der Waals surface area contributed by atoms with Crippen molar-refractivity contribution in [2.75, 3.05) is 13.1 Å². The van der Waals surface area contributed by atoms with Gasteiger partial charge in [0.2, 0.25) is 0 Å². The average molecular weight is 367 g/mol. The van der Waals surface area contributed by atoms with Crippen LogP contribution in [0.25, 0.3) is 11.0 Å². The molecule has 0 radical (unpaired) electrons. The summed E-state index contributed by atoms with van der Waals surface area (Å²) in [6.45, 7) is 5.00. The number of carbonyl (C=O) groups excluding carboxylic acids is 2. The SMILES string of the molecule is CC(=O)c1cc(C(=O)N2CCC[C@H](c3nc4c(C)cccc4[nH]3)C2)cs1. The minimum absolute atomic E-state index is 0.00298. The third-order valence-electron chi connectivity index (χ3n) is 5.02. The first-order valence-corrected chi connectivity index (χ1v) is 9.75. The fraction of sp³-hybridized carbons (Fsp3) is 0.350. The molecule has 0 saturated carbocycles. The number of nitrogens with one attached hydrogen (secondary N) is 1. The van der Waals surface area contributed by atoms with E-state index in [1.54, 1.807) is 11.4 Å². The number of Topliss-reactive ketones (excluding diaryl/α,β-unsaturated/α-hetero) is 1. The summed E-state index contributed by atoms with van der Waals surface area (Å²) in [7, 11) is 0. The van der Waals surface area contributed by atoms with Crippen molar-refractivity contribution >= 4 is 34.1 Å². The van der Waals surface area contributed by atoms with Crippen molar-refractivity contribution in [1.29, 1.82) is 0 Å². The van der Waals surface area contributed by atoms with E-state index in [0.29, 0.717) is 17.0 Å². The molecule has 3 heterocycles. The highest BCUT2D eigenvalue weighted by Gasteiger charge is 2.28. The van der Waals surface area contributed by atoms with Crippen LogP contribution in [0.3, 0.4) is 0 Å². The monoisotopic (exact) mass is 367 g/mol.